The Hall–Kier alpha value is -1.51. The third-order valence-electron chi connectivity index (χ3n) is 1.55. The van der Waals surface area contributed by atoms with E-state index in [1.54, 1.807) is 6.08 Å². The van der Waals surface area contributed by atoms with Crippen LogP contribution in [0.2, 0.25) is 0 Å². The normalized spacial score (nSPS) is 12.6. The zero-order valence-electron chi connectivity index (χ0n) is 10.5. The van der Waals surface area contributed by atoms with Gasteiger partial charge in [-0.1, -0.05) is 30.9 Å². The molecule has 0 radical (unpaired) electrons. The number of ether oxygens (including phenoxy) is 1. The molecule has 0 atom stereocenters. The molecule has 0 aromatic heterocycles. The largest absolute Gasteiger partial charge is 0.444 e. The molecule has 0 fully saturated rings. The molecule has 0 aromatic rings. The van der Waals surface area contributed by atoms with Crippen molar-refractivity contribution in [2.45, 2.75) is 33.3 Å². The van der Waals surface area contributed by atoms with Gasteiger partial charge in [-0.15, -0.1) is 0 Å². The fraction of sp³-hybridized carbons (Fsp3) is 0.462. The molecule has 0 aliphatic carbocycles. The maximum atomic E-state index is 11.4. The Morgan fingerprint density at radius 2 is 2.06 bits per heavy atom. The minimum Gasteiger partial charge on any atom is -0.444 e. The van der Waals surface area contributed by atoms with Crippen molar-refractivity contribution in [3.63, 3.8) is 0 Å². The van der Waals surface area contributed by atoms with Gasteiger partial charge in [0.25, 0.3) is 0 Å². The van der Waals surface area contributed by atoms with Crippen LogP contribution in [0.5, 0.6) is 0 Å². The van der Waals surface area contributed by atoms with Crippen LogP contribution in [-0.2, 0) is 4.74 Å². The Labute approximate surface area is 97.9 Å². The molecule has 0 saturated heterocycles. The lowest BCUT2D eigenvalue weighted by molar-refractivity contribution is 0.0533. The number of allylic oxidation sites excluding steroid dienone is 3. The highest BCUT2D eigenvalue weighted by atomic mass is 16.6. The lowest BCUT2D eigenvalue weighted by Gasteiger charge is -2.19. The summed E-state index contributed by atoms with van der Waals surface area (Å²) in [6.07, 6.45) is 6.95. The summed E-state index contributed by atoms with van der Waals surface area (Å²) in [6, 6.07) is 0. The molecule has 90 valence electrons. The van der Waals surface area contributed by atoms with E-state index in [4.69, 9.17) is 4.74 Å². The van der Waals surface area contributed by atoms with Crippen molar-refractivity contribution >= 4 is 6.09 Å². The highest BCUT2D eigenvalue weighted by molar-refractivity contribution is 5.68. The second-order valence-corrected chi connectivity index (χ2v) is 4.33. The van der Waals surface area contributed by atoms with Gasteiger partial charge in [0, 0.05) is 6.54 Å². The SMILES string of the molecule is C=C/C=C(\C=C/C)CNC(=O)OC(C)(C)C. The first-order valence-electron chi connectivity index (χ1n) is 5.30. The van der Waals surface area contributed by atoms with Gasteiger partial charge >= 0.3 is 6.09 Å². The standard InChI is InChI=1S/C13H21NO2/c1-6-8-11(9-7-2)10-14-12(15)16-13(3,4)5/h6-9H,1,10H2,2-5H3,(H,14,15)/b9-7-,11-8+. The monoisotopic (exact) mass is 223 g/mol. The predicted molar refractivity (Wildman–Crippen MR) is 67.3 cm³/mol. The molecule has 0 bridgehead atoms. The topological polar surface area (TPSA) is 38.3 Å². The molecule has 16 heavy (non-hydrogen) atoms. The van der Waals surface area contributed by atoms with Crippen LogP contribution in [-0.4, -0.2) is 18.2 Å². The summed E-state index contributed by atoms with van der Waals surface area (Å²) in [5.41, 5.74) is 0.510. The molecule has 0 unspecified atom stereocenters. The van der Waals surface area contributed by atoms with Gasteiger partial charge in [0.1, 0.15) is 5.60 Å². The lowest BCUT2D eigenvalue weighted by Crippen LogP contribution is -2.33. The Kier molecular flexibility index (Phi) is 6.23. The van der Waals surface area contributed by atoms with Gasteiger partial charge in [-0.2, -0.15) is 0 Å². The molecule has 3 heteroatoms. The van der Waals surface area contributed by atoms with E-state index in [1.807, 2.05) is 45.9 Å². The minimum absolute atomic E-state index is 0.410. The quantitative estimate of drug-likeness (QED) is 0.743. The van der Waals surface area contributed by atoms with Crippen molar-refractivity contribution in [3.05, 3.63) is 36.5 Å². The molecule has 0 aliphatic rings. The van der Waals surface area contributed by atoms with E-state index in [1.165, 1.54) is 0 Å². The Balaban J connectivity index is 4.17. The number of carbonyl (C=O) groups is 1. The minimum atomic E-state index is -0.465. The van der Waals surface area contributed by atoms with Crippen molar-refractivity contribution in [1.29, 1.82) is 0 Å². The number of rotatable bonds is 4. The summed E-state index contributed by atoms with van der Waals surface area (Å²) in [4.78, 5) is 11.4. The third-order valence-corrected chi connectivity index (χ3v) is 1.55. The van der Waals surface area contributed by atoms with Gasteiger partial charge in [0.2, 0.25) is 0 Å². The van der Waals surface area contributed by atoms with Gasteiger partial charge in [-0.05, 0) is 33.3 Å². The van der Waals surface area contributed by atoms with E-state index in [2.05, 4.69) is 11.9 Å². The average molecular weight is 223 g/mol. The maximum absolute atomic E-state index is 11.4. The molecule has 1 amide bonds. The predicted octanol–water partition coefficient (Wildman–Crippen LogP) is 3.20. The highest BCUT2D eigenvalue weighted by Gasteiger charge is 2.15. The zero-order valence-corrected chi connectivity index (χ0v) is 10.5. The van der Waals surface area contributed by atoms with Crippen LogP contribution in [0.15, 0.2) is 36.5 Å². The molecular weight excluding hydrogens is 202 g/mol. The summed E-state index contributed by atoms with van der Waals surface area (Å²) in [5, 5.41) is 2.68. The zero-order chi connectivity index (χ0) is 12.6. The maximum Gasteiger partial charge on any atom is 0.407 e. The van der Waals surface area contributed by atoms with Gasteiger partial charge < -0.3 is 10.1 Å². The number of alkyl carbamates (subject to hydrolysis) is 1. The van der Waals surface area contributed by atoms with Crippen molar-refractivity contribution in [2.24, 2.45) is 0 Å². The van der Waals surface area contributed by atoms with Crippen LogP contribution in [0.25, 0.3) is 0 Å². The highest BCUT2D eigenvalue weighted by Crippen LogP contribution is 2.06. The number of carbonyl (C=O) groups excluding carboxylic acids is 1. The first-order chi connectivity index (χ1) is 7.39. The number of hydrogen-bond donors (Lipinski definition) is 1. The van der Waals surface area contributed by atoms with Crippen LogP contribution >= 0.6 is 0 Å². The molecule has 0 rings (SSSR count). The molecular formula is C13H21NO2. The summed E-state index contributed by atoms with van der Waals surface area (Å²) in [6.45, 7) is 11.5. The molecule has 3 nitrogen and oxygen atoms in total. The number of hydrogen-bond acceptors (Lipinski definition) is 2. The summed E-state index contributed by atoms with van der Waals surface area (Å²) in [5.74, 6) is 0. The Bertz CT molecular complexity index is 296. The van der Waals surface area contributed by atoms with Gasteiger partial charge in [-0.25, -0.2) is 4.79 Å². The Morgan fingerprint density at radius 3 is 2.50 bits per heavy atom. The summed E-state index contributed by atoms with van der Waals surface area (Å²) < 4.78 is 5.12. The first kappa shape index (κ1) is 14.5. The van der Waals surface area contributed by atoms with E-state index in [-0.39, 0.29) is 0 Å². The summed E-state index contributed by atoms with van der Waals surface area (Å²) in [7, 11) is 0. The van der Waals surface area contributed by atoms with Crippen molar-refractivity contribution in [3.8, 4) is 0 Å². The van der Waals surface area contributed by atoms with Crippen LogP contribution < -0.4 is 5.32 Å². The van der Waals surface area contributed by atoms with Gasteiger partial charge in [-0.3, -0.25) is 0 Å². The molecule has 0 heterocycles. The lowest BCUT2D eigenvalue weighted by atomic mass is 10.2. The molecule has 0 aliphatic heterocycles. The molecule has 1 N–H and O–H groups in total. The average Bonchev–Trinajstić information content (AvgIpc) is 2.12. The van der Waals surface area contributed by atoms with Gasteiger partial charge in [0.05, 0.1) is 0 Å². The first-order valence-corrected chi connectivity index (χ1v) is 5.30. The van der Waals surface area contributed by atoms with Gasteiger partial charge in [0.15, 0.2) is 0 Å². The number of nitrogens with one attached hydrogen (secondary N) is 1. The second kappa shape index (κ2) is 6.88. The number of amides is 1. The fourth-order valence-electron chi connectivity index (χ4n) is 1.03. The van der Waals surface area contributed by atoms with Crippen molar-refractivity contribution < 1.29 is 9.53 Å². The third kappa shape index (κ3) is 7.85. The van der Waals surface area contributed by atoms with Crippen molar-refractivity contribution in [2.75, 3.05) is 6.54 Å². The molecule has 0 aromatic carbocycles. The second-order valence-electron chi connectivity index (χ2n) is 4.33. The van der Waals surface area contributed by atoms with Crippen LogP contribution in [0.1, 0.15) is 27.7 Å². The van der Waals surface area contributed by atoms with E-state index >= 15 is 0 Å². The van der Waals surface area contributed by atoms with Crippen LogP contribution in [0, 0.1) is 0 Å². The van der Waals surface area contributed by atoms with E-state index < -0.39 is 11.7 Å². The van der Waals surface area contributed by atoms with E-state index in [0.29, 0.717) is 6.54 Å². The Morgan fingerprint density at radius 1 is 1.44 bits per heavy atom. The fourth-order valence-corrected chi connectivity index (χ4v) is 1.03. The summed E-state index contributed by atoms with van der Waals surface area (Å²) >= 11 is 0. The van der Waals surface area contributed by atoms with Crippen molar-refractivity contribution in [1.82, 2.24) is 5.32 Å². The van der Waals surface area contributed by atoms with E-state index in [0.717, 1.165) is 5.57 Å². The molecule has 0 saturated carbocycles. The van der Waals surface area contributed by atoms with E-state index in [9.17, 15) is 4.79 Å². The smallest absolute Gasteiger partial charge is 0.407 e. The molecule has 0 spiro atoms. The van der Waals surface area contributed by atoms with Crippen LogP contribution in [0.4, 0.5) is 4.79 Å². The van der Waals surface area contributed by atoms with Crippen LogP contribution in [0.3, 0.4) is 0 Å².